The number of ether oxygens (including phenoxy) is 2. The molecule has 7 heteroatoms. The highest BCUT2D eigenvalue weighted by molar-refractivity contribution is 5.97. The number of aromatic nitrogens is 2. The number of hydrogen-bond donors (Lipinski definition) is 1. The number of piperidine rings is 1. The van der Waals surface area contributed by atoms with Gasteiger partial charge in [-0.3, -0.25) is 9.69 Å². The minimum atomic E-state index is 0.0578. The highest BCUT2D eigenvalue weighted by Crippen LogP contribution is 2.30. The van der Waals surface area contributed by atoms with Gasteiger partial charge in [-0.05, 0) is 49.9 Å². The van der Waals surface area contributed by atoms with Crippen LogP contribution in [-0.2, 0) is 6.54 Å². The molecule has 3 aromatic rings. The number of rotatable bonds is 6. The smallest absolute Gasteiger partial charge is 0.257 e. The first kappa shape index (κ1) is 20.8. The van der Waals surface area contributed by atoms with Crippen LogP contribution >= 0.6 is 0 Å². The van der Waals surface area contributed by atoms with Gasteiger partial charge in [-0.15, -0.1) is 0 Å². The molecular formula is C25H30N4O3. The topological polar surface area (TPSA) is 70.7 Å². The number of nitrogens with zero attached hydrogens (tertiary/aromatic N) is 3. The highest BCUT2D eigenvalue weighted by atomic mass is 16.5. The Bertz CT molecular complexity index is 1050. The second-order valence-corrected chi connectivity index (χ2v) is 8.66. The summed E-state index contributed by atoms with van der Waals surface area (Å²) in [4.78, 5) is 25.5. The number of carbonyl (C=O) groups excluding carboxylic acids is 1. The predicted molar refractivity (Wildman–Crippen MR) is 123 cm³/mol. The molecule has 2 fully saturated rings. The summed E-state index contributed by atoms with van der Waals surface area (Å²) in [5.41, 5.74) is 2.72. The van der Waals surface area contributed by atoms with Crippen molar-refractivity contribution in [1.29, 1.82) is 0 Å². The lowest BCUT2D eigenvalue weighted by Gasteiger charge is -2.32. The molecule has 0 bridgehead atoms. The third-order valence-corrected chi connectivity index (χ3v) is 6.45. The van der Waals surface area contributed by atoms with Crippen LogP contribution in [0.2, 0.25) is 0 Å². The first-order valence-corrected chi connectivity index (χ1v) is 11.5. The van der Waals surface area contributed by atoms with Gasteiger partial charge in [0.25, 0.3) is 5.91 Å². The van der Waals surface area contributed by atoms with E-state index in [1.54, 1.807) is 7.11 Å². The second kappa shape index (κ2) is 9.20. The van der Waals surface area contributed by atoms with E-state index in [2.05, 4.69) is 16.0 Å². The second-order valence-electron chi connectivity index (χ2n) is 8.66. The molecule has 7 nitrogen and oxygen atoms in total. The molecule has 0 radical (unpaired) electrons. The summed E-state index contributed by atoms with van der Waals surface area (Å²) < 4.78 is 11.8. The Morgan fingerprint density at radius 2 is 1.88 bits per heavy atom. The van der Waals surface area contributed by atoms with Gasteiger partial charge in [0, 0.05) is 32.2 Å². The number of carbonyl (C=O) groups is 1. The number of para-hydroxylation sites is 2. The van der Waals surface area contributed by atoms with Crippen molar-refractivity contribution in [3.63, 3.8) is 0 Å². The number of H-pyrrole nitrogens is 1. The van der Waals surface area contributed by atoms with E-state index in [0.717, 1.165) is 75.3 Å². The van der Waals surface area contributed by atoms with Gasteiger partial charge in [0.05, 0.1) is 30.3 Å². The first-order valence-electron chi connectivity index (χ1n) is 11.5. The Kier molecular flexibility index (Phi) is 5.99. The van der Waals surface area contributed by atoms with Crippen LogP contribution in [-0.4, -0.2) is 65.1 Å². The van der Waals surface area contributed by atoms with Gasteiger partial charge in [0.15, 0.2) is 0 Å². The third kappa shape index (κ3) is 4.43. The normalized spacial score (nSPS) is 17.7. The number of nitrogens with one attached hydrogen (secondary N) is 1. The summed E-state index contributed by atoms with van der Waals surface area (Å²) in [6.07, 6.45) is 4.05. The van der Waals surface area contributed by atoms with Gasteiger partial charge in [0.1, 0.15) is 23.4 Å². The number of hydrogen-bond acceptors (Lipinski definition) is 5. The Hall–Kier alpha value is -3.06. The van der Waals surface area contributed by atoms with Crippen molar-refractivity contribution < 1.29 is 14.3 Å². The SMILES string of the molecule is COc1ccc(C(=O)N2CCCC2)c(OC2CCN(Cc3nc4ccccc4[nH]3)CC2)c1. The lowest BCUT2D eigenvalue weighted by molar-refractivity contribution is 0.0763. The lowest BCUT2D eigenvalue weighted by Crippen LogP contribution is -2.38. The Morgan fingerprint density at radius 1 is 1.09 bits per heavy atom. The molecule has 0 atom stereocenters. The Labute approximate surface area is 188 Å². The summed E-state index contributed by atoms with van der Waals surface area (Å²) >= 11 is 0. The maximum absolute atomic E-state index is 13.0. The molecular weight excluding hydrogens is 404 g/mol. The molecule has 2 aromatic carbocycles. The average Bonchev–Trinajstić information content (AvgIpc) is 3.49. The van der Waals surface area contributed by atoms with Gasteiger partial charge < -0.3 is 19.4 Å². The van der Waals surface area contributed by atoms with Crippen molar-refractivity contribution in [3.05, 3.63) is 53.9 Å². The van der Waals surface area contributed by atoms with Crippen molar-refractivity contribution in [2.24, 2.45) is 0 Å². The molecule has 1 aromatic heterocycles. The molecule has 0 saturated carbocycles. The number of aromatic amines is 1. The van der Waals surface area contributed by atoms with Gasteiger partial charge in [0.2, 0.25) is 0 Å². The summed E-state index contributed by atoms with van der Waals surface area (Å²) in [6, 6.07) is 13.7. The van der Waals surface area contributed by atoms with Gasteiger partial charge in [-0.2, -0.15) is 0 Å². The maximum atomic E-state index is 13.0. The summed E-state index contributed by atoms with van der Waals surface area (Å²) in [6.45, 7) is 4.32. The van der Waals surface area contributed by atoms with Crippen molar-refractivity contribution >= 4 is 16.9 Å². The molecule has 3 heterocycles. The first-order chi connectivity index (χ1) is 15.7. The summed E-state index contributed by atoms with van der Waals surface area (Å²) in [5.74, 6) is 2.40. The molecule has 0 spiro atoms. The minimum Gasteiger partial charge on any atom is -0.497 e. The van der Waals surface area contributed by atoms with Crippen LogP contribution in [0.4, 0.5) is 0 Å². The number of benzene rings is 2. The molecule has 2 saturated heterocycles. The lowest BCUT2D eigenvalue weighted by atomic mass is 10.1. The van der Waals surface area contributed by atoms with Crippen LogP contribution in [0.1, 0.15) is 41.9 Å². The zero-order chi connectivity index (χ0) is 21.9. The monoisotopic (exact) mass is 434 g/mol. The molecule has 2 aliphatic rings. The van der Waals surface area contributed by atoms with Crippen molar-refractivity contribution in [2.75, 3.05) is 33.3 Å². The van der Waals surface area contributed by atoms with Crippen LogP contribution in [0, 0.1) is 0 Å². The number of fused-ring (bicyclic) bond motifs is 1. The van der Waals surface area contributed by atoms with E-state index in [1.165, 1.54) is 0 Å². The highest BCUT2D eigenvalue weighted by Gasteiger charge is 2.26. The van der Waals surface area contributed by atoms with E-state index in [4.69, 9.17) is 14.5 Å². The van der Waals surface area contributed by atoms with Crippen LogP contribution in [0.5, 0.6) is 11.5 Å². The molecule has 0 unspecified atom stereocenters. The molecule has 32 heavy (non-hydrogen) atoms. The fourth-order valence-corrected chi connectivity index (χ4v) is 4.65. The van der Waals surface area contributed by atoms with E-state index >= 15 is 0 Å². The number of amides is 1. The van der Waals surface area contributed by atoms with E-state index < -0.39 is 0 Å². The number of likely N-dealkylation sites (tertiary alicyclic amines) is 2. The van der Waals surface area contributed by atoms with E-state index in [0.29, 0.717) is 17.1 Å². The summed E-state index contributed by atoms with van der Waals surface area (Å²) in [5, 5.41) is 0. The third-order valence-electron chi connectivity index (χ3n) is 6.45. The standard InChI is InChI=1S/C25H30N4O3/c1-31-19-8-9-20(25(30)29-12-4-5-13-29)23(16-19)32-18-10-14-28(15-11-18)17-24-26-21-6-2-3-7-22(21)27-24/h2-3,6-9,16,18H,4-5,10-15,17H2,1H3,(H,26,27). The largest absolute Gasteiger partial charge is 0.497 e. The van der Waals surface area contributed by atoms with Crippen LogP contribution in [0.25, 0.3) is 11.0 Å². The van der Waals surface area contributed by atoms with Crippen molar-refractivity contribution in [1.82, 2.24) is 19.8 Å². The molecule has 1 N–H and O–H groups in total. The Morgan fingerprint density at radius 3 is 2.62 bits per heavy atom. The quantitative estimate of drug-likeness (QED) is 0.638. The number of imidazole rings is 1. The molecule has 168 valence electrons. The van der Waals surface area contributed by atoms with Gasteiger partial charge in [-0.1, -0.05) is 12.1 Å². The van der Waals surface area contributed by atoms with Gasteiger partial charge >= 0.3 is 0 Å². The van der Waals surface area contributed by atoms with Crippen molar-refractivity contribution in [3.8, 4) is 11.5 Å². The zero-order valence-electron chi connectivity index (χ0n) is 18.5. The minimum absolute atomic E-state index is 0.0578. The maximum Gasteiger partial charge on any atom is 0.257 e. The molecule has 5 rings (SSSR count). The van der Waals surface area contributed by atoms with E-state index in [-0.39, 0.29) is 12.0 Å². The zero-order valence-corrected chi connectivity index (χ0v) is 18.5. The number of methoxy groups -OCH3 is 1. The fraction of sp³-hybridized carbons (Fsp3) is 0.440. The Balaban J connectivity index is 1.23. The van der Waals surface area contributed by atoms with Crippen LogP contribution in [0.15, 0.2) is 42.5 Å². The fourth-order valence-electron chi connectivity index (χ4n) is 4.65. The molecule has 2 aliphatic heterocycles. The molecule has 1 amide bonds. The van der Waals surface area contributed by atoms with E-state index in [1.807, 2.05) is 41.3 Å². The predicted octanol–water partition coefficient (Wildman–Crippen LogP) is 3.85. The van der Waals surface area contributed by atoms with E-state index in [9.17, 15) is 4.79 Å². The summed E-state index contributed by atoms with van der Waals surface area (Å²) in [7, 11) is 1.64. The van der Waals surface area contributed by atoms with Crippen LogP contribution < -0.4 is 9.47 Å². The average molecular weight is 435 g/mol. The van der Waals surface area contributed by atoms with Crippen LogP contribution in [0.3, 0.4) is 0 Å². The van der Waals surface area contributed by atoms with Crippen molar-refractivity contribution in [2.45, 2.75) is 38.3 Å². The van der Waals surface area contributed by atoms with Gasteiger partial charge in [-0.25, -0.2) is 4.98 Å². The molecule has 0 aliphatic carbocycles.